The third-order valence-corrected chi connectivity index (χ3v) is 0. The van der Waals surface area contributed by atoms with Crippen LogP contribution in [0.3, 0.4) is 0 Å². The Bertz CT molecular complexity index is 343. The van der Waals surface area contributed by atoms with E-state index in [1.54, 1.807) is 0 Å². The zero-order chi connectivity index (χ0) is 13.5. The van der Waals surface area contributed by atoms with Crippen molar-refractivity contribution in [2.75, 3.05) is 0 Å². The maximum atomic E-state index is 8.52. The summed E-state index contributed by atoms with van der Waals surface area (Å²) >= 11 is 0. The number of rotatable bonds is 0. The Morgan fingerprint density at radius 3 is 0.364 bits per heavy atom. The van der Waals surface area contributed by atoms with E-state index in [-0.39, 0.29) is 98.6 Å². The van der Waals surface area contributed by atoms with Crippen molar-refractivity contribution in [1.29, 1.82) is 0 Å². The van der Waals surface area contributed by atoms with E-state index in [1.165, 1.54) is 0 Å². The first-order chi connectivity index (χ1) is 6.00. The van der Waals surface area contributed by atoms with Gasteiger partial charge < -0.3 is 54.7 Å². The normalized spacial score (nSPS) is 7.91. The Hall–Kier alpha value is 1.80. The average molecular weight is 656 g/mol. The molecule has 0 bridgehead atoms. The molecule has 0 radical (unpaired) electrons. The van der Waals surface area contributed by atoms with Crippen molar-refractivity contribution in [3.63, 3.8) is 0 Å². The molecule has 0 unspecified atom stereocenters. The van der Waals surface area contributed by atoms with E-state index in [0.717, 1.165) is 0 Å². The third kappa shape index (κ3) is 2910. The number of hydrogen-bond acceptors (Lipinski definition) is 12. The van der Waals surface area contributed by atoms with Crippen LogP contribution in [0.2, 0.25) is 0 Å². The molecule has 0 saturated heterocycles. The molecule has 0 aromatic heterocycles. The monoisotopic (exact) mass is 656 g/mol. The quantitative estimate of drug-likeness (QED) is 0.173. The van der Waals surface area contributed by atoms with Gasteiger partial charge in [-0.3, -0.25) is 25.3 Å². The summed E-state index contributed by atoms with van der Waals surface area (Å²) in [6.07, 6.45) is 0. The summed E-state index contributed by atoms with van der Waals surface area (Å²) in [6.45, 7) is 0. The SMILES string of the molecule is O.O.O.O.O.O=S(=O)([O-])[O-].O=S(=O)([O-])[O-].O=S(=O)([O-])[O-].[La+3].[La+3]. The Morgan fingerprint density at radius 2 is 0.364 bits per heavy atom. The molecular formula is H10La2O17S3. The van der Waals surface area contributed by atoms with Gasteiger partial charge in [-0.15, -0.1) is 0 Å². The van der Waals surface area contributed by atoms with Crippen LogP contribution < -0.4 is 0 Å². The van der Waals surface area contributed by atoms with E-state index in [0.29, 0.717) is 0 Å². The third-order valence-electron chi connectivity index (χ3n) is 0. The fourth-order valence-corrected chi connectivity index (χ4v) is 0. The number of hydrogen-bond donors (Lipinski definition) is 0. The van der Waals surface area contributed by atoms with Crippen molar-refractivity contribution in [1.82, 2.24) is 0 Å². The molecule has 0 saturated carbocycles. The van der Waals surface area contributed by atoms with Crippen molar-refractivity contribution >= 4 is 31.2 Å². The van der Waals surface area contributed by atoms with Gasteiger partial charge >= 0.3 is 71.2 Å². The molecule has 0 amide bonds. The largest absolute Gasteiger partial charge is 3.00 e. The van der Waals surface area contributed by atoms with E-state index in [1.807, 2.05) is 0 Å². The van der Waals surface area contributed by atoms with E-state index in [4.69, 9.17) is 52.6 Å². The van der Waals surface area contributed by atoms with Crippen molar-refractivity contribution in [3.8, 4) is 0 Å². The molecule has 0 aliphatic rings. The molecule has 0 fully saturated rings. The molecule has 136 valence electrons. The maximum absolute atomic E-state index is 8.52. The molecule has 0 spiro atoms. The molecule has 0 aliphatic heterocycles. The first-order valence-corrected chi connectivity index (χ1v) is 6.00. The van der Waals surface area contributed by atoms with Crippen LogP contribution in [0, 0.1) is 71.2 Å². The predicted molar refractivity (Wildman–Crippen MR) is 49.5 cm³/mol. The van der Waals surface area contributed by atoms with Crippen LogP contribution in [0.4, 0.5) is 0 Å². The molecule has 0 heterocycles. The molecule has 22 heteroatoms. The first kappa shape index (κ1) is 65.0. The summed E-state index contributed by atoms with van der Waals surface area (Å²) < 4.78 is 102. The Labute approximate surface area is 180 Å². The summed E-state index contributed by atoms with van der Waals surface area (Å²) in [5.41, 5.74) is 0. The summed E-state index contributed by atoms with van der Waals surface area (Å²) in [5, 5.41) is 0. The van der Waals surface area contributed by atoms with Gasteiger partial charge in [-0.25, -0.2) is 0 Å². The molecule has 0 aliphatic carbocycles. The van der Waals surface area contributed by atoms with Crippen LogP contribution in [0.5, 0.6) is 0 Å². The molecule has 17 nitrogen and oxygen atoms in total. The van der Waals surface area contributed by atoms with E-state index in [2.05, 4.69) is 0 Å². The standard InChI is InChI=1S/2La.3H2O4S.5H2O/c;;3*1-5(2,3)4;;;;;/h;;3*(H2,1,2,3,4);5*1H2/q2*+3;;;;;;;;/p-6. The van der Waals surface area contributed by atoms with Gasteiger partial charge in [0.1, 0.15) is 0 Å². The molecular weight excluding hydrogens is 646 g/mol. The predicted octanol–water partition coefficient (Wildman–Crippen LogP) is -8.14. The van der Waals surface area contributed by atoms with Crippen LogP contribution in [0.25, 0.3) is 0 Å². The van der Waals surface area contributed by atoms with Crippen LogP contribution in [-0.2, 0) is 31.2 Å². The summed E-state index contributed by atoms with van der Waals surface area (Å²) in [4.78, 5) is 0. The second-order valence-corrected chi connectivity index (χ2v) is 3.67. The maximum Gasteiger partial charge on any atom is 3.00 e. The molecule has 22 heavy (non-hydrogen) atoms. The van der Waals surface area contributed by atoms with E-state index < -0.39 is 31.2 Å². The Morgan fingerprint density at radius 1 is 0.364 bits per heavy atom. The van der Waals surface area contributed by atoms with Crippen LogP contribution in [-0.4, -0.2) is 80.0 Å². The second-order valence-electron chi connectivity index (χ2n) is 1.22. The van der Waals surface area contributed by atoms with Gasteiger partial charge in [0.2, 0.25) is 0 Å². The summed E-state index contributed by atoms with van der Waals surface area (Å²) in [6, 6.07) is 0. The Kier molecular flexibility index (Phi) is 81.6. The molecule has 0 atom stereocenters. The summed E-state index contributed by atoms with van der Waals surface area (Å²) in [5.74, 6) is 0. The fourth-order valence-electron chi connectivity index (χ4n) is 0. The molecule has 10 N–H and O–H groups in total. The van der Waals surface area contributed by atoms with Crippen molar-refractivity contribution in [2.45, 2.75) is 0 Å². The topological polar surface area (TPSA) is 398 Å². The van der Waals surface area contributed by atoms with Gasteiger partial charge in [-0.05, 0) is 0 Å². The molecule has 0 aromatic rings. The van der Waals surface area contributed by atoms with Crippen LogP contribution in [0.1, 0.15) is 0 Å². The minimum Gasteiger partial charge on any atom is -0.759 e. The zero-order valence-corrected chi connectivity index (χ0v) is 19.5. The van der Waals surface area contributed by atoms with Gasteiger partial charge in [0.15, 0.2) is 0 Å². The van der Waals surface area contributed by atoms with Gasteiger partial charge in [0.25, 0.3) is 0 Å². The zero-order valence-electron chi connectivity index (χ0n) is 9.78. The smallest absolute Gasteiger partial charge is 0.759 e. The van der Waals surface area contributed by atoms with Crippen molar-refractivity contribution in [2.24, 2.45) is 0 Å². The molecule has 0 aromatic carbocycles. The van der Waals surface area contributed by atoms with Crippen molar-refractivity contribution in [3.05, 3.63) is 0 Å². The average Bonchev–Trinajstić information content (AvgIpc) is 1.41. The summed E-state index contributed by atoms with van der Waals surface area (Å²) in [7, 11) is -15.5. The van der Waals surface area contributed by atoms with Gasteiger partial charge in [-0.1, -0.05) is 0 Å². The Balaban J connectivity index is -0.0000000106. The van der Waals surface area contributed by atoms with E-state index in [9.17, 15) is 0 Å². The molecule has 0 rings (SSSR count). The van der Waals surface area contributed by atoms with Gasteiger partial charge in [-0.2, -0.15) is 0 Å². The van der Waals surface area contributed by atoms with Crippen LogP contribution >= 0.6 is 0 Å². The van der Waals surface area contributed by atoms with Gasteiger partial charge in [0.05, 0.1) is 0 Å². The van der Waals surface area contributed by atoms with Crippen molar-refractivity contribution < 1.29 is 151 Å². The fraction of sp³-hybridized carbons (Fsp3) is 0. The second kappa shape index (κ2) is 27.6. The van der Waals surface area contributed by atoms with E-state index >= 15 is 0 Å². The first-order valence-electron chi connectivity index (χ1n) is 2.00. The minimum atomic E-state index is -5.17. The van der Waals surface area contributed by atoms with Gasteiger partial charge in [0, 0.05) is 31.2 Å². The minimum absolute atomic E-state index is 0. The van der Waals surface area contributed by atoms with Crippen LogP contribution in [0.15, 0.2) is 0 Å².